The summed E-state index contributed by atoms with van der Waals surface area (Å²) in [6.45, 7) is 4.17. The van der Waals surface area contributed by atoms with Crippen LogP contribution in [0.2, 0.25) is 0 Å². The first-order valence-electron chi connectivity index (χ1n) is 9.86. The largest absolute Gasteiger partial charge is 0.493 e. The first-order valence-corrected chi connectivity index (χ1v) is 9.86. The lowest BCUT2D eigenvalue weighted by atomic mass is 10.1. The van der Waals surface area contributed by atoms with Crippen LogP contribution in [0.4, 0.5) is 5.69 Å². The number of nitrogens with one attached hydrogen (secondary N) is 1. The van der Waals surface area contributed by atoms with Gasteiger partial charge in [0.25, 0.3) is 5.91 Å². The third-order valence-corrected chi connectivity index (χ3v) is 4.34. The van der Waals surface area contributed by atoms with Crippen molar-refractivity contribution >= 4 is 11.6 Å². The molecule has 0 spiro atoms. The molecule has 0 saturated carbocycles. The van der Waals surface area contributed by atoms with Gasteiger partial charge in [0.1, 0.15) is 12.4 Å². The Bertz CT molecular complexity index is 1100. The molecule has 31 heavy (non-hydrogen) atoms. The summed E-state index contributed by atoms with van der Waals surface area (Å²) >= 11 is 0. The Morgan fingerprint density at radius 3 is 2.58 bits per heavy atom. The highest BCUT2D eigenvalue weighted by Crippen LogP contribution is 2.29. The molecule has 3 rings (SSSR count). The van der Waals surface area contributed by atoms with E-state index in [9.17, 15) is 4.79 Å². The minimum absolute atomic E-state index is 0.00121. The van der Waals surface area contributed by atoms with Gasteiger partial charge in [-0.2, -0.15) is 5.26 Å². The summed E-state index contributed by atoms with van der Waals surface area (Å²) in [6.07, 6.45) is -0.00121. The molecule has 0 aliphatic heterocycles. The van der Waals surface area contributed by atoms with Crippen LogP contribution in [0.3, 0.4) is 0 Å². The SMILES string of the molecule is COc1cc(C(=O)Nc2cccc(OCc3cccc(C#N)c3)c2)ccc1OC(C)C. The van der Waals surface area contributed by atoms with Gasteiger partial charge in [0, 0.05) is 17.3 Å². The molecule has 1 N–H and O–H groups in total. The van der Waals surface area contributed by atoms with Crippen molar-refractivity contribution in [2.24, 2.45) is 0 Å². The lowest BCUT2D eigenvalue weighted by molar-refractivity contribution is 0.102. The predicted octanol–water partition coefficient (Wildman–Crippen LogP) is 5.19. The molecule has 1 amide bonds. The molecule has 0 radical (unpaired) electrons. The fourth-order valence-corrected chi connectivity index (χ4v) is 2.92. The van der Waals surface area contributed by atoms with Crippen LogP contribution in [-0.4, -0.2) is 19.1 Å². The van der Waals surface area contributed by atoms with E-state index >= 15 is 0 Å². The zero-order chi connectivity index (χ0) is 22.2. The molecule has 0 bridgehead atoms. The highest BCUT2D eigenvalue weighted by Gasteiger charge is 2.13. The van der Waals surface area contributed by atoms with Crippen LogP contribution < -0.4 is 19.5 Å². The number of hydrogen-bond acceptors (Lipinski definition) is 5. The lowest BCUT2D eigenvalue weighted by Crippen LogP contribution is -2.13. The summed E-state index contributed by atoms with van der Waals surface area (Å²) in [7, 11) is 1.54. The lowest BCUT2D eigenvalue weighted by Gasteiger charge is -2.14. The monoisotopic (exact) mass is 416 g/mol. The number of benzene rings is 3. The maximum Gasteiger partial charge on any atom is 0.255 e. The number of amides is 1. The Morgan fingerprint density at radius 1 is 1.03 bits per heavy atom. The van der Waals surface area contributed by atoms with Gasteiger partial charge in [-0.1, -0.05) is 18.2 Å². The topological polar surface area (TPSA) is 80.6 Å². The van der Waals surface area contributed by atoms with Gasteiger partial charge in [-0.3, -0.25) is 4.79 Å². The van der Waals surface area contributed by atoms with E-state index in [2.05, 4.69) is 11.4 Å². The van der Waals surface area contributed by atoms with Crippen molar-refractivity contribution < 1.29 is 19.0 Å². The number of hydrogen-bond donors (Lipinski definition) is 1. The Balaban J connectivity index is 1.67. The molecule has 6 heteroatoms. The van der Waals surface area contributed by atoms with Crippen molar-refractivity contribution in [1.29, 1.82) is 5.26 Å². The molecule has 0 atom stereocenters. The molecule has 0 unspecified atom stereocenters. The van der Waals surface area contributed by atoms with Crippen molar-refractivity contribution in [3.8, 4) is 23.3 Å². The Hall–Kier alpha value is -3.98. The number of rotatable bonds is 8. The van der Waals surface area contributed by atoms with E-state index < -0.39 is 0 Å². The van der Waals surface area contributed by atoms with Crippen molar-refractivity contribution in [1.82, 2.24) is 0 Å². The Morgan fingerprint density at radius 2 is 1.84 bits per heavy atom. The summed E-state index contributed by atoms with van der Waals surface area (Å²) in [5, 5.41) is 11.9. The average molecular weight is 416 g/mol. The Labute approximate surface area is 182 Å². The normalized spacial score (nSPS) is 10.3. The van der Waals surface area contributed by atoms with Crippen LogP contribution in [-0.2, 0) is 6.61 Å². The maximum atomic E-state index is 12.7. The van der Waals surface area contributed by atoms with Crippen molar-refractivity contribution in [2.45, 2.75) is 26.6 Å². The molecular formula is C25H24N2O4. The van der Waals surface area contributed by atoms with Gasteiger partial charge in [0.05, 0.1) is 24.8 Å². The van der Waals surface area contributed by atoms with E-state index in [0.717, 1.165) is 5.56 Å². The van der Waals surface area contributed by atoms with E-state index in [1.165, 1.54) is 7.11 Å². The molecule has 158 valence electrons. The van der Waals surface area contributed by atoms with Crippen molar-refractivity contribution in [3.63, 3.8) is 0 Å². The minimum atomic E-state index is -0.270. The second-order valence-electron chi connectivity index (χ2n) is 7.12. The maximum absolute atomic E-state index is 12.7. The average Bonchev–Trinajstić information content (AvgIpc) is 2.78. The molecular weight excluding hydrogens is 392 g/mol. The zero-order valence-corrected chi connectivity index (χ0v) is 17.7. The molecule has 0 aliphatic carbocycles. The fraction of sp³-hybridized carbons (Fsp3) is 0.200. The summed E-state index contributed by atoms with van der Waals surface area (Å²) in [6, 6.07) is 21.6. The summed E-state index contributed by atoms with van der Waals surface area (Å²) < 4.78 is 16.9. The van der Waals surface area contributed by atoms with E-state index in [0.29, 0.717) is 40.7 Å². The van der Waals surface area contributed by atoms with Crippen LogP contribution in [0, 0.1) is 11.3 Å². The first-order chi connectivity index (χ1) is 15.0. The number of ether oxygens (including phenoxy) is 3. The zero-order valence-electron chi connectivity index (χ0n) is 17.7. The molecule has 0 fully saturated rings. The third kappa shape index (κ3) is 6.00. The van der Waals surface area contributed by atoms with Gasteiger partial charge in [-0.25, -0.2) is 0 Å². The van der Waals surface area contributed by atoms with E-state index in [-0.39, 0.29) is 12.0 Å². The quantitative estimate of drug-likeness (QED) is 0.547. The third-order valence-electron chi connectivity index (χ3n) is 4.34. The number of methoxy groups -OCH3 is 1. The summed E-state index contributed by atoms with van der Waals surface area (Å²) in [4.78, 5) is 12.7. The molecule has 3 aromatic carbocycles. The standard InChI is InChI=1S/C25H24N2O4/c1-17(2)31-23-11-10-20(13-24(23)29-3)25(28)27-21-8-5-9-22(14-21)30-16-19-7-4-6-18(12-19)15-26/h4-14,17H,16H2,1-3H3,(H,27,28). The summed E-state index contributed by atoms with van der Waals surface area (Å²) in [5.41, 5.74) is 2.54. The number of carbonyl (C=O) groups is 1. The van der Waals surface area contributed by atoms with Crippen LogP contribution in [0.1, 0.15) is 35.3 Å². The second-order valence-corrected chi connectivity index (χ2v) is 7.12. The molecule has 0 heterocycles. The number of anilines is 1. The van der Waals surface area contributed by atoms with Gasteiger partial charge in [0.2, 0.25) is 0 Å². The predicted molar refractivity (Wildman–Crippen MR) is 119 cm³/mol. The highest BCUT2D eigenvalue weighted by atomic mass is 16.5. The molecule has 0 aromatic heterocycles. The van der Waals surface area contributed by atoms with Crippen LogP contribution in [0.15, 0.2) is 66.7 Å². The second kappa shape index (κ2) is 10.2. The van der Waals surface area contributed by atoms with E-state index in [4.69, 9.17) is 19.5 Å². The molecule has 3 aromatic rings. The van der Waals surface area contributed by atoms with Gasteiger partial charge in [-0.15, -0.1) is 0 Å². The van der Waals surface area contributed by atoms with E-state index in [1.807, 2.05) is 32.0 Å². The van der Waals surface area contributed by atoms with E-state index in [1.54, 1.807) is 48.5 Å². The van der Waals surface area contributed by atoms with Crippen LogP contribution in [0.25, 0.3) is 0 Å². The highest BCUT2D eigenvalue weighted by molar-refractivity contribution is 6.04. The van der Waals surface area contributed by atoms with Crippen molar-refractivity contribution in [2.75, 3.05) is 12.4 Å². The minimum Gasteiger partial charge on any atom is -0.493 e. The van der Waals surface area contributed by atoms with Crippen LogP contribution in [0.5, 0.6) is 17.2 Å². The molecule has 0 aliphatic rings. The van der Waals surface area contributed by atoms with Gasteiger partial charge >= 0.3 is 0 Å². The number of nitriles is 1. The van der Waals surface area contributed by atoms with Crippen LogP contribution >= 0.6 is 0 Å². The van der Waals surface area contributed by atoms with Crippen molar-refractivity contribution in [3.05, 3.63) is 83.4 Å². The molecule has 0 saturated heterocycles. The van der Waals surface area contributed by atoms with Gasteiger partial charge in [0.15, 0.2) is 11.5 Å². The smallest absolute Gasteiger partial charge is 0.255 e. The first kappa shape index (κ1) is 21.7. The summed E-state index contributed by atoms with van der Waals surface area (Å²) in [5.74, 6) is 1.43. The van der Waals surface area contributed by atoms with Gasteiger partial charge < -0.3 is 19.5 Å². The fourth-order valence-electron chi connectivity index (χ4n) is 2.92. The van der Waals surface area contributed by atoms with Gasteiger partial charge in [-0.05, 0) is 61.9 Å². The molecule has 6 nitrogen and oxygen atoms in total. The number of carbonyl (C=O) groups excluding carboxylic acids is 1. The Kier molecular flexibility index (Phi) is 7.13. The number of nitrogens with zero attached hydrogens (tertiary/aromatic N) is 1.